The maximum Gasteiger partial charge on any atom is 0.0541 e. The molecule has 4 heteroatoms. The quantitative estimate of drug-likeness (QED) is 0.148. The highest BCUT2D eigenvalue weighted by molar-refractivity contribution is 6.12. The van der Waals surface area contributed by atoms with Gasteiger partial charge < -0.3 is 18.6 Å². The molecule has 4 nitrogen and oxygen atoms in total. The van der Waals surface area contributed by atoms with Gasteiger partial charge in [-0.05, 0) is 166 Å². The highest BCUT2D eigenvalue weighted by Crippen LogP contribution is 2.52. The van der Waals surface area contributed by atoms with Crippen molar-refractivity contribution in [2.24, 2.45) is 0 Å². The molecule has 0 N–H and O–H groups in total. The van der Waals surface area contributed by atoms with Crippen LogP contribution < -0.4 is 4.90 Å². The molecule has 0 atom stereocenters. The molecule has 3 aromatic heterocycles. The van der Waals surface area contributed by atoms with Gasteiger partial charge in [-0.2, -0.15) is 0 Å². The third-order valence-corrected chi connectivity index (χ3v) is 17.0. The second-order valence-electron chi connectivity index (χ2n) is 21.7. The molecule has 0 amide bonds. The summed E-state index contributed by atoms with van der Waals surface area (Å²) in [6, 6.07) is 103. The molecule has 12 aromatic carbocycles. The molecular weight excluding hydrogens is 957 g/mol. The predicted molar refractivity (Wildman–Crippen MR) is 333 cm³/mol. The lowest BCUT2D eigenvalue weighted by molar-refractivity contribution is 0.660. The van der Waals surface area contributed by atoms with Gasteiger partial charge in [0.2, 0.25) is 0 Å². The Morgan fingerprint density at radius 1 is 0.253 bits per heavy atom. The number of fused-ring (bicyclic) bond motifs is 12. The van der Waals surface area contributed by atoms with E-state index in [0.29, 0.717) is 0 Å². The van der Waals surface area contributed by atoms with Gasteiger partial charge >= 0.3 is 0 Å². The van der Waals surface area contributed by atoms with Gasteiger partial charge in [0.25, 0.3) is 0 Å². The summed E-state index contributed by atoms with van der Waals surface area (Å²) in [6.07, 6.45) is 0. The third-order valence-electron chi connectivity index (χ3n) is 17.0. The molecule has 1 aliphatic carbocycles. The minimum atomic E-state index is -0.264. The average Bonchev–Trinajstić information content (AvgIpc) is 4.20. The Morgan fingerprint density at radius 3 is 1.05 bits per heavy atom. The molecule has 372 valence electrons. The summed E-state index contributed by atoms with van der Waals surface area (Å²) < 4.78 is 7.20. The second kappa shape index (κ2) is 17.4. The van der Waals surface area contributed by atoms with E-state index in [4.69, 9.17) is 0 Å². The first kappa shape index (κ1) is 45.1. The summed E-state index contributed by atoms with van der Waals surface area (Å²) in [5, 5.41) is 7.53. The summed E-state index contributed by atoms with van der Waals surface area (Å²) in [4.78, 5) is 2.43. The van der Waals surface area contributed by atoms with E-state index < -0.39 is 0 Å². The van der Waals surface area contributed by atoms with Crippen LogP contribution in [0.15, 0.2) is 279 Å². The van der Waals surface area contributed by atoms with Crippen molar-refractivity contribution in [3.63, 3.8) is 0 Å². The minimum Gasteiger partial charge on any atom is -0.310 e. The number of hydrogen-bond acceptors (Lipinski definition) is 1. The van der Waals surface area contributed by atoms with Crippen molar-refractivity contribution >= 4 is 82.5 Å². The number of para-hydroxylation sites is 6. The van der Waals surface area contributed by atoms with Gasteiger partial charge in [-0.25, -0.2) is 0 Å². The monoisotopic (exact) mass is 1010 g/mol. The fraction of sp³-hybridized carbons (Fsp3) is 0.0400. The first-order chi connectivity index (χ1) is 38.9. The Labute approximate surface area is 458 Å². The van der Waals surface area contributed by atoms with Crippen LogP contribution in [0.5, 0.6) is 0 Å². The molecule has 0 aliphatic heterocycles. The molecule has 15 aromatic rings. The van der Waals surface area contributed by atoms with E-state index >= 15 is 0 Å². The zero-order valence-electron chi connectivity index (χ0n) is 43.8. The first-order valence-corrected chi connectivity index (χ1v) is 27.4. The van der Waals surface area contributed by atoms with Crippen molar-refractivity contribution in [1.29, 1.82) is 0 Å². The van der Waals surface area contributed by atoms with Gasteiger partial charge in [-0.3, -0.25) is 0 Å². The lowest BCUT2D eigenvalue weighted by atomic mass is 9.82. The minimum absolute atomic E-state index is 0.264. The molecule has 16 rings (SSSR count). The number of hydrogen-bond donors (Lipinski definition) is 0. The first-order valence-electron chi connectivity index (χ1n) is 27.4. The molecule has 0 unspecified atom stereocenters. The Hall–Kier alpha value is -10.2. The lowest BCUT2D eigenvalue weighted by Gasteiger charge is -2.28. The van der Waals surface area contributed by atoms with E-state index in [-0.39, 0.29) is 5.41 Å². The number of anilines is 3. The number of nitrogens with zero attached hydrogens (tertiary/aromatic N) is 4. The van der Waals surface area contributed by atoms with Gasteiger partial charge in [0.05, 0.1) is 33.1 Å². The average molecular weight is 1010 g/mol. The molecule has 0 saturated carbocycles. The van der Waals surface area contributed by atoms with Crippen molar-refractivity contribution < 1.29 is 0 Å². The third kappa shape index (κ3) is 6.94. The fourth-order valence-corrected chi connectivity index (χ4v) is 13.3. The number of aromatic nitrogens is 3. The number of benzene rings is 12. The molecule has 0 radical (unpaired) electrons. The SMILES string of the molecule is CC1(C)c2cc(N(c3ccc(-c4ccc5c(c4)c4ccccc4n5-c4ccccc4)cc3)c3ccc(-c4ccc5c(c4)c4ccccc4n5-c4ccccc4)cc3)ccc2-c2ccc(-n3c4ccccc4c4ccccc43)cc21. The van der Waals surface area contributed by atoms with Crippen LogP contribution in [0, 0.1) is 0 Å². The summed E-state index contributed by atoms with van der Waals surface area (Å²) >= 11 is 0. The van der Waals surface area contributed by atoms with Crippen LogP contribution in [-0.2, 0) is 5.41 Å². The maximum absolute atomic E-state index is 2.45. The zero-order valence-corrected chi connectivity index (χ0v) is 43.8. The fourth-order valence-electron chi connectivity index (χ4n) is 13.3. The second-order valence-corrected chi connectivity index (χ2v) is 21.7. The van der Waals surface area contributed by atoms with Gasteiger partial charge in [0, 0.05) is 71.9 Å². The Bertz CT molecular complexity index is 4650. The van der Waals surface area contributed by atoms with Crippen LogP contribution in [0.1, 0.15) is 25.0 Å². The van der Waals surface area contributed by atoms with Crippen LogP contribution in [0.25, 0.3) is 116 Å². The molecule has 79 heavy (non-hydrogen) atoms. The Kier molecular flexibility index (Phi) is 9.95. The smallest absolute Gasteiger partial charge is 0.0541 e. The summed E-state index contributed by atoms with van der Waals surface area (Å²) in [5.41, 5.74) is 23.8. The van der Waals surface area contributed by atoms with Crippen molar-refractivity contribution in [2.45, 2.75) is 19.3 Å². The van der Waals surface area contributed by atoms with Crippen LogP contribution >= 0.6 is 0 Å². The van der Waals surface area contributed by atoms with Gasteiger partial charge in [-0.1, -0.05) is 172 Å². The van der Waals surface area contributed by atoms with Gasteiger partial charge in [0.15, 0.2) is 0 Å². The van der Waals surface area contributed by atoms with Crippen molar-refractivity contribution in [3.8, 4) is 50.4 Å². The molecule has 1 aliphatic rings. The van der Waals surface area contributed by atoms with Crippen molar-refractivity contribution in [1.82, 2.24) is 13.7 Å². The Morgan fingerprint density at radius 2 is 0.595 bits per heavy atom. The normalized spacial score (nSPS) is 12.8. The standard InChI is InChI=1S/C75H52N4/c1-75(2)67-47-57(39-41-59(67)60-42-40-58(48-68(60)75)79-69-25-13-9-21-61(69)62-22-10-14-26-70(62)79)76(55-35-29-49(30-36-55)51-33-43-73-65(45-51)63-23-11-15-27-71(63)77(73)53-17-5-3-6-18-53)56-37-31-50(32-38-56)52-34-44-74-66(46-52)64-24-12-16-28-72(64)78(74)54-19-7-4-8-20-54/h3-48H,1-2H3. The largest absolute Gasteiger partial charge is 0.310 e. The van der Waals surface area contributed by atoms with E-state index in [2.05, 4.69) is 312 Å². The van der Waals surface area contributed by atoms with E-state index in [1.807, 2.05) is 0 Å². The van der Waals surface area contributed by atoms with Gasteiger partial charge in [0.1, 0.15) is 0 Å². The summed E-state index contributed by atoms with van der Waals surface area (Å²) in [7, 11) is 0. The van der Waals surface area contributed by atoms with Crippen LogP contribution in [0.4, 0.5) is 17.1 Å². The maximum atomic E-state index is 2.45. The van der Waals surface area contributed by atoms with E-state index in [9.17, 15) is 0 Å². The molecule has 0 spiro atoms. The summed E-state index contributed by atoms with van der Waals surface area (Å²) in [6.45, 7) is 4.79. The molecular formula is C75H52N4. The lowest BCUT2D eigenvalue weighted by Crippen LogP contribution is -2.17. The molecule has 0 saturated heterocycles. The van der Waals surface area contributed by atoms with Crippen LogP contribution in [0.3, 0.4) is 0 Å². The molecule has 3 heterocycles. The topological polar surface area (TPSA) is 18.0 Å². The zero-order chi connectivity index (χ0) is 52.3. The van der Waals surface area contributed by atoms with Gasteiger partial charge in [-0.15, -0.1) is 0 Å². The highest BCUT2D eigenvalue weighted by Gasteiger charge is 2.37. The van der Waals surface area contributed by atoms with E-state index in [1.54, 1.807) is 0 Å². The Balaban J connectivity index is 0.801. The number of rotatable bonds is 8. The van der Waals surface area contributed by atoms with Crippen molar-refractivity contribution in [2.75, 3.05) is 4.90 Å². The van der Waals surface area contributed by atoms with Crippen molar-refractivity contribution in [3.05, 3.63) is 290 Å². The van der Waals surface area contributed by atoms with Crippen LogP contribution in [0.2, 0.25) is 0 Å². The predicted octanol–water partition coefficient (Wildman–Crippen LogP) is 20.1. The summed E-state index contributed by atoms with van der Waals surface area (Å²) in [5.74, 6) is 0. The van der Waals surface area contributed by atoms with Crippen LogP contribution in [-0.4, -0.2) is 13.7 Å². The highest BCUT2D eigenvalue weighted by atomic mass is 15.1. The molecule has 0 bridgehead atoms. The molecule has 0 fully saturated rings. The van der Waals surface area contributed by atoms with E-state index in [0.717, 1.165) is 28.4 Å². The van der Waals surface area contributed by atoms with E-state index in [1.165, 1.54) is 116 Å².